The summed E-state index contributed by atoms with van der Waals surface area (Å²) in [7, 11) is 0. The number of ether oxygens (including phenoxy) is 2. The van der Waals surface area contributed by atoms with Gasteiger partial charge in [-0.3, -0.25) is 0 Å². The number of rotatable bonds is 6. The maximum absolute atomic E-state index is 11.6. The fraction of sp³-hybridized carbons (Fsp3) is 0.250. The van der Waals surface area contributed by atoms with Gasteiger partial charge in [0.25, 0.3) is 0 Å². The summed E-state index contributed by atoms with van der Waals surface area (Å²) in [6.45, 7) is 0.340. The second-order valence-electron chi connectivity index (χ2n) is 5.73. The van der Waals surface area contributed by atoms with Crippen LogP contribution >= 0.6 is 0 Å². The molecule has 1 N–H and O–H groups in total. The van der Waals surface area contributed by atoms with Crippen molar-refractivity contribution in [3.05, 3.63) is 83.9 Å². The third-order valence-corrected chi connectivity index (χ3v) is 3.99. The predicted octanol–water partition coefficient (Wildman–Crippen LogP) is 3.18. The highest BCUT2D eigenvalue weighted by Gasteiger charge is 2.33. The van der Waals surface area contributed by atoms with Gasteiger partial charge in [-0.1, -0.05) is 66.7 Å². The lowest BCUT2D eigenvalue weighted by molar-refractivity contribution is -0.163. The van der Waals surface area contributed by atoms with Crippen LogP contribution in [0, 0.1) is 0 Å². The third-order valence-electron chi connectivity index (χ3n) is 3.99. The molecule has 0 radical (unpaired) electrons. The first-order valence-electron chi connectivity index (χ1n) is 8.00. The minimum atomic E-state index is -0.876. The van der Waals surface area contributed by atoms with E-state index in [9.17, 15) is 9.90 Å². The molecule has 1 aliphatic heterocycles. The van der Waals surface area contributed by atoms with Crippen LogP contribution in [0.2, 0.25) is 0 Å². The lowest BCUT2D eigenvalue weighted by Gasteiger charge is -2.31. The van der Waals surface area contributed by atoms with E-state index in [2.05, 4.69) is 0 Å². The highest BCUT2D eigenvalue weighted by atomic mass is 16.6. The van der Waals surface area contributed by atoms with E-state index in [0.29, 0.717) is 13.0 Å². The van der Waals surface area contributed by atoms with E-state index in [1.807, 2.05) is 60.7 Å². The number of benzene rings is 2. The van der Waals surface area contributed by atoms with Gasteiger partial charge in [0.05, 0.1) is 6.61 Å². The molecule has 1 heterocycles. The first-order chi connectivity index (χ1) is 11.7. The molecular formula is C20H20O4. The summed E-state index contributed by atoms with van der Waals surface area (Å²) >= 11 is 0. The fourth-order valence-electron chi connectivity index (χ4n) is 2.74. The van der Waals surface area contributed by atoms with E-state index in [4.69, 9.17) is 9.47 Å². The minimum Gasteiger partial charge on any atom is -0.456 e. The Morgan fingerprint density at radius 3 is 2.42 bits per heavy atom. The maximum Gasteiger partial charge on any atom is 0.330 e. The molecule has 0 unspecified atom stereocenters. The van der Waals surface area contributed by atoms with Gasteiger partial charge in [0, 0.05) is 12.5 Å². The van der Waals surface area contributed by atoms with Crippen LogP contribution in [0.15, 0.2) is 72.8 Å². The first kappa shape index (κ1) is 16.4. The first-order valence-corrected chi connectivity index (χ1v) is 8.00. The monoisotopic (exact) mass is 324 g/mol. The SMILES string of the molecule is O=C1C=CC[C@H]([C@H](OCc2ccccc2)[C@H](O)c2ccccc2)O1. The average Bonchev–Trinajstić information content (AvgIpc) is 2.63. The average molecular weight is 324 g/mol. The molecule has 0 amide bonds. The molecule has 4 nitrogen and oxygen atoms in total. The van der Waals surface area contributed by atoms with Gasteiger partial charge in [0.1, 0.15) is 18.3 Å². The topological polar surface area (TPSA) is 55.8 Å². The molecule has 0 bridgehead atoms. The van der Waals surface area contributed by atoms with Gasteiger partial charge in [-0.05, 0) is 11.1 Å². The summed E-state index contributed by atoms with van der Waals surface area (Å²) < 4.78 is 11.3. The van der Waals surface area contributed by atoms with Crippen molar-refractivity contribution in [1.29, 1.82) is 0 Å². The van der Waals surface area contributed by atoms with Crippen LogP contribution in [-0.2, 0) is 20.9 Å². The van der Waals surface area contributed by atoms with Gasteiger partial charge < -0.3 is 14.6 Å². The zero-order valence-corrected chi connectivity index (χ0v) is 13.2. The fourth-order valence-corrected chi connectivity index (χ4v) is 2.74. The Labute approximate surface area is 141 Å². The molecule has 24 heavy (non-hydrogen) atoms. The van der Waals surface area contributed by atoms with Gasteiger partial charge in [0.15, 0.2) is 0 Å². The standard InChI is InChI=1S/C20H20O4/c21-18-13-7-12-17(24-18)20(19(22)16-10-5-2-6-11-16)23-14-15-8-3-1-4-9-15/h1-11,13,17,19-20,22H,12,14H2/t17-,19-,20+/m1/s1. The van der Waals surface area contributed by atoms with Crippen molar-refractivity contribution in [1.82, 2.24) is 0 Å². The molecule has 1 aliphatic rings. The van der Waals surface area contributed by atoms with Crippen LogP contribution in [0.5, 0.6) is 0 Å². The van der Waals surface area contributed by atoms with Crippen LogP contribution < -0.4 is 0 Å². The third kappa shape index (κ3) is 4.10. The molecule has 0 aromatic heterocycles. The zero-order chi connectivity index (χ0) is 16.8. The molecule has 0 fully saturated rings. The zero-order valence-electron chi connectivity index (χ0n) is 13.2. The lowest BCUT2D eigenvalue weighted by atomic mass is 9.97. The molecule has 3 atom stereocenters. The van der Waals surface area contributed by atoms with Crippen molar-refractivity contribution in [3.8, 4) is 0 Å². The minimum absolute atomic E-state index is 0.340. The second kappa shape index (κ2) is 7.90. The molecule has 3 rings (SSSR count). The number of carbonyl (C=O) groups is 1. The molecule has 0 saturated heterocycles. The Balaban J connectivity index is 1.77. The molecule has 124 valence electrons. The molecule has 0 aliphatic carbocycles. The summed E-state index contributed by atoms with van der Waals surface area (Å²) in [4.78, 5) is 11.6. The largest absolute Gasteiger partial charge is 0.456 e. The van der Waals surface area contributed by atoms with Crippen molar-refractivity contribution in [2.24, 2.45) is 0 Å². The predicted molar refractivity (Wildman–Crippen MR) is 90.1 cm³/mol. The molecular weight excluding hydrogens is 304 g/mol. The van der Waals surface area contributed by atoms with Crippen LogP contribution in [0.25, 0.3) is 0 Å². The normalized spacial score (nSPS) is 19.5. The Morgan fingerprint density at radius 2 is 1.75 bits per heavy atom. The van der Waals surface area contributed by atoms with Crippen molar-refractivity contribution in [2.45, 2.75) is 31.3 Å². The Morgan fingerprint density at radius 1 is 1.08 bits per heavy atom. The second-order valence-corrected chi connectivity index (χ2v) is 5.73. The highest BCUT2D eigenvalue weighted by molar-refractivity contribution is 5.82. The number of hydrogen-bond donors (Lipinski definition) is 1. The smallest absolute Gasteiger partial charge is 0.330 e. The van der Waals surface area contributed by atoms with Gasteiger partial charge >= 0.3 is 5.97 Å². The van der Waals surface area contributed by atoms with Gasteiger partial charge in [-0.25, -0.2) is 4.79 Å². The number of hydrogen-bond acceptors (Lipinski definition) is 4. The van der Waals surface area contributed by atoms with Crippen LogP contribution in [0.1, 0.15) is 23.7 Å². The summed E-state index contributed by atoms with van der Waals surface area (Å²) in [5.74, 6) is -0.403. The Kier molecular flexibility index (Phi) is 5.41. The number of esters is 1. The Hall–Kier alpha value is -2.43. The van der Waals surface area contributed by atoms with Gasteiger partial charge in [0.2, 0.25) is 0 Å². The van der Waals surface area contributed by atoms with Gasteiger partial charge in [-0.15, -0.1) is 0 Å². The van der Waals surface area contributed by atoms with E-state index in [0.717, 1.165) is 11.1 Å². The number of cyclic esters (lactones) is 1. The van der Waals surface area contributed by atoms with Crippen molar-refractivity contribution in [2.75, 3.05) is 0 Å². The van der Waals surface area contributed by atoms with Crippen LogP contribution in [0.4, 0.5) is 0 Å². The van der Waals surface area contributed by atoms with E-state index in [-0.39, 0.29) is 0 Å². The van der Waals surface area contributed by atoms with E-state index >= 15 is 0 Å². The van der Waals surface area contributed by atoms with Crippen molar-refractivity contribution in [3.63, 3.8) is 0 Å². The van der Waals surface area contributed by atoms with E-state index in [1.165, 1.54) is 6.08 Å². The molecule has 0 spiro atoms. The Bertz CT molecular complexity index is 681. The van der Waals surface area contributed by atoms with E-state index < -0.39 is 24.3 Å². The van der Waals surface area contributed by atoms with E-state index in [1.54, 1.807) is 6.08 Å². The summed E-state index contributed by atoms with van der Waals surface area (Å²) in [6, 6.07) is 19.0. The number of carbonyl (C=O) groups excluding carboxylic acids is 1. The molecule has 2 aromatic carbocycles. The molecule has 2 aromatic rings. The quantitative estimate of drug-likeness (QED) is 0.829. The summed E-state index contributed by atoms with van der Waals surface area (Å²) in [5, 5.41) is 10.8. The number of aliphatic hydroxyl groups is 1. The van der Waals surface area contributed by atoms with Gasteiger partial charge in [-0.2, -0.15) is 0 Å². The molecule has 0 saturated carbocycles. The van der Waals surface area contributed by atoms with Crippen LogP contribution in [0.3, 0.4) is 0 Å². The van der Waals surface area contributed by atoms with Crippen molar-refractivity contribution < 1.29 is 19.4 Å². The van der Waals surface area contributed by atoms with Crippen LogP contribution in [-0.4, -0.2) is 23.3 Å². The lowest BCUT2D eigenvalue weighted by Crippen LogP contribution is -2.39. The van der Waals surface area contributed by atoms with Crippen molar-refractivity contribution >= 4 is 5.97 Å². The highest BCUT2D eigenvalue weighted by Crippen LogP contribution is 2.27. The summed E-state index contributed by atoms with van der Waals surface area (Å²) in [5.41, 5.74) is 1.74. The number of aliphatic hydroxyl groups excluding tert-OH is 1. The maximum atomic E-state index is 11.6. The molecule has 4 heteroatoms. The summed E-state index contributed by atoms with van der Waals surface area (Å²) in [6.07, 6.45) is 1.66.